The van der Waals surface area contributed by atoms with Crippen LogP contribution in [0.25, 0.3) is 6.08 Å². The second-order valence-electron chi connectivity index (χ2n) is 7.08. The first kappa shape index (κ1) is 19.0. The third-order valence-electron chi connectivity index (χ3n) is 5.33. The number of nitro benzene ring substituents is 1. The summed E-state index contributed by atoms with van der Waals surface area (Å²) in [5.74, 6) is 0.417. The van der Waals surface area contributed by atoms with Gasteiger partial charge in [0.1, 0.15) is 11.9 Å². The summed E-state index contributed by atoms with van der Waals surface area (Å²) in [4.78, 5) is 35.8. The van der Waals surface area contributed by atoms with Crippen LogP contribution in [0.1, 0.15) is 50.2 Å². The van der Waals surface area contributed by atoms with Crippen LogP contribution in [0.2, 0.25) is 0 Å². The molecule has 2 aromatic rings. The van der Waals surface area contributed by atoms with Gasteiger partial charge in [0.15, 0.2) is 11.6 Å². The minimum atomic E-state index is -0.663. The average molecular weight is 393 g/mol. The van der Waals surface area contributed by atoms with Gasteiger partial charge in [-0.05, 0) is 48.2 Å². The van der Waals surface area contributed by atoms with Gasteiger partial charge >= 0.3 is 0 Å². The van der Waals surface area contributed by atoms with E-state index in [-0.39, 0.29) is 30.3 Å². The Morgan fingerprint density at radius 1 is 1.17 bits per heavy atom. The molecule has 0 heterocycles. The van der Waals surface area contributed by atoms with E-state index in [0.717, 1.165) is 5.56 Å². The van der Waals surface area contributed by atoms with Crippen LogP contribution in [-0.4, -0.2) is 29.7 Å². The van der Waals surface area contributed by atoms with Crippen molar-refractivity contribution in [2.75, 3.05) is 7.11 Å². The molecule has 0 bridgehead atoms. The molecule has 7 heteroatoms. The Kier molecular flexibility index (Phi) is 4.98. The molecule has 0 saturated carbocycles. The molecule has 1 unspecified atom stereocenters. The molecule has 2 aliphatic carbocycles. The Morgan fingerprint density at radius 3 is 2.76 bits per heavy atom. The van der Waals surface area contributed by atoms with Gasteiger partial charge in [-0.25, -0.2) is 0 Å². The standard InChI is InChI=1S/C22H19NO6/c1-28-16-6-7-17-14(10-16)5-8-21(22(17)25)29-12-15-9-13-3-2-4-20(24)18(13)11-19(15)23(26)27/h2-3,6-7,9-11,21H,4-5,8,12H2,1H3. The highest BCUT2D eigenvalue weighted by molar-refractivity contribution is 6.03. The quantitative estimate of drug-likeness (QED) is 0.564. The van der Waals surface area contributed by atoms with Crippen LogP contribution in [0.5, 0.6) is 5.75 Å². The van der Waals surface area contributed by atoms with Gasteiger partial charge in [-0.1, -0.05) is 12.2 Å². The van der Waals surface area contributed by atoms with E-state index in [1.165, 1.54) is 6.07 Å². The largest absolute Gasteiger partial charge is 0.497 e. The number of ketones is 2. The minimum Gasteiger partial charge on any atom is -0.497 e. The number of fused-ring (bicyclic) bond motifs is 2. The van der Waals surface area contributed by atoms with Crippen molar-refractivity contribution in [2.45, 2.75) is 32.0 Å². The van der Waals surface area contributed by atoms with E-state index < -0.39 is 11.0 Å². The van der Waals surface area contributed by atoms with Gasteiger partial charge in [-0.2, -0.15) is 0 Å². The van der Waals surface area contributed by atoms with Gasteiger partial charge in [0, 0.05) is 23.6 Å². The van der Waals surface area contributed by atoms with Gasteiger partial charge in [-0.3, -0.25) is 19.7 Å². The van der Waals surface area contributed by atoms with Crippen LogP contribution in [0.15, 0.2) is 36.4 Å². The number of hydrogen-bond acceptors (Lipinski definition) is 6. The molecular weight excluding hydrogens is 374 g/mol. The second kappa shape index (κ2) is 7.60. The molecule has 7 nitrogen and oxygen atoms in total. The van der Waals surface area contributed by atoms with E-state index in [1.807, 2.05) is 6.07 Å². The van der Waals surface area contributed by atoms with E-state index in [4.69, 9.17) is 9.47 Å². The Balaban J connectivity index is 1.56. The van der Waals surface area contributed by atoms with Crippen LogP contribution >= 0.6 is 0 Å². The van der Waals surface area contributed by atoms with Gasteiger partial charge in [0.25, 0.3) is 5.69 Å². The first-order chi connectivity index (χ1) is 14.0. The molecule has 4 rings (SSSR count). The topological polar surface area (TPSA) is 95.7 Å². The molecule has 0 saturated heterocycles. The fourth-order valence-electron chi connectivity index (χ4n) is 3.80. The van der Waals surface area contributed by atoms with E-state index in [1.54, 1.807) is 37.5 Å². The number of carbonyl (C=O) groups is 2. The maximum atomic E-state index is 12.8. The SMILES string of the molecule is COc1ccc2c(c1)CCC(OCc1cc3c(cc1[N+](=O)[O-])C(=O)CC=C3)C2=O. The summed E-state index contributed by atoms with van der Waals surface area (Å²) in [5.41, 5.74) is 2.67. The smallest absolute Gasteiger partial charge is 0.275 e. The van der Waals surface area contributed by atoms with E-state index in [2.05, 4.69) is 0 Å². The molecule has 0 N–H and O–H groups in total. The number of ether oxygens (including phenoxy) is 2. The molecule has 0 fully saturated rings. The summed E-state index contributed by atoms with van der Waals surface area (Å²) in [5, 5.41) is 11.5. The lowest BCUT2D eigenvalue weighted by atomic mass is 9.88. The molecule has 0 radical (unpaired) electrons. The first-order valence-electron chi connectivity index (χ1n) is 9.31. The van der Waals surface area contributed by atoms with Crippen molar-refractivity contribution < 1.29 is 24.0 Å². The Hall–Kier alpha value is -3.32. The normalized spacial score (nSPS) is 17.6. The number of nitro groups is 1. The summed E-state index contributed by atoms with van der Waals surface area (Å²) in [7, 11) is 1.58. The highest BCUT2D eigenvalue weighted by Gasteiger charge is 2.30. The molecule has 2 aromatic carbocycles. The molecule has 0 aliphatic heterocycles. The second-order valence-corrected chi connectivity index (χ2v) is 7.08. The molecule has 1 atom stereocenters. The lowest BCUT2D eigenvalue weighted by Crippen LogP contribution is -2.30. The fraction of sp³-hybridized carbons (Fsp3) is 0.273. The first-order valence-corrected chi connectivity index (χ1v) is 9.31. The summed E-state index contributed by atoms with van der Waals surface area (Å²) < 4.78 is 11.0. The maximum absolute atomic E-state index is 12.8. The summed E-state index contributed by atoms with van der Waals surface area (Å²) in [6.45, 7) is -0.0759. The van der Waals surface area contributed by atoms with Crippen LogP contribution in [0.3, 0.4) is 0 Å². The van der Waals surface area contributed by atoms with Crippen LogP contribution in [0, 0.1) is 10.1 Å². The third kappa shape index (κ3) is 3.56. The number of allylic oxidation sites excluding steroid dienone is 1. The van der Waals surface area contributed by atoms with E-state index in [0.29, 0.717) is 40.8 Å². The van der Waals surface area contributed by atoms with Crippen molar-refractivity contribution in [1.82, 2.24) is 0 Å². The zero-order valence-electron chi connectivity index (χ0n) is 15.8. The van der Waals surface area contributed by atoms with Gasteiger partial charge < -0.3 is 9.47 Å². The monoisotopic (exact) mass is 393 g/mol. The third-order valence-corrected chi connectivity index (χ3v) is 5.33. The average Bonchev–Trinajstić information content (AvgIpc) is 2.72. The molecule has 148 valence electrons. The zero-order chi connectivity index (χ0) is 20.5. The number of benzene rings is 2. The highest BCUT2D eigenvalue weighted by Crippen LogP contribution is 2.31. The van der Waals surface area contributed by atoms with Gasteiger partial charge in [0.05, 0.1) is 24.2 Å². The number of Topliss-reactive ketones (excluding diaryl/α,β-unsaturated/α-hetero) is 2. The molecule has 0 aromatic heterocycles. The van der Waals surface area contributed by atoms with Crippen molar-refractivity contribution in [3.63, 3.8) is 0 Å². The predicted molar refractivity (Wildman–Crippen MR) is 105 cm³/mol. The number of nitrogens with zero attached hydrogens (tertiary/aromatic N) is 1. The molecule has 0 amide bonds. The van der Waals surface area contributed by atoms with Crippen LogP contribution in [-0.2, 0) is 17.8 Å². The van der Waals surface area contributed by atoms with Crippen molar-refractivity contribution in [3.05, 3.63) is 74.3 Å². The Labute approximate surface area is 167 Å². The van der Waals surface area contributed by atoms with Crippen molar-refractivity contribution >= 4 is 23.3 Å². The number of aryl methyl sites for hydroxylation is 1. The lowest BCUT2D eigenvalue weighted by Gasteiger charge is -2.24. The maximum Gasteiger partial charge on any atom is 0.275 e. The Bertz CT molecular complexity index is 1060. The van der Waals surface area contributed by atoms with Crippen molar-refractivity contribution in [1.29, 1.82) is 0 Å². The molecular formula is C22H19NO6. The van der Waals surface area contributed by atoms with E-state index in [9.17, 15) is 19.7 Å². The molecule has 29 heavy (non-hydrogen) atoms. The Morgan fingerprint density at radius 2 is 2.00 bits per heavy atom. The van der Waals surface area contributed by atoms with Crippen LogP contribution < -0.4 is 4.74 Å². The van der Waals surface area contributed by atoms with Crippen LogP contribution in [0.4, 0.5) is 5.69 Å². The van der Waals surface area contributed by atoms with Gasteiger partial charge in [-0.15, -0.1) is 0 Å². The number of hydrogen-bond donors (Lipinski definition) is 0. The van der Waals surface area contributed by atoms with Crippen molar-refractivity contribution in [2.24, 2.45) is 0 Å². The summed E-state index contributed by atoms with van der Waals surface area (Å²) in [6, 6.07) is 8.22. The summed E-state index contributed by atoms with van der Waals surface area (Å²) in [6.07, 6.45) is 4.24. The van der Waals surface area contributed by atoms with E-state index >= 15 is 0 Å². The summed E-state index contributed by atoms with van der Waals surface area (Å²) >= 11 is 0. The minimum absolute atomic E-state index is 0.0759. The number of rotatable bonds is 5. The molecule has 2 aliphatic rings. The zero-order valence-corrected chi connectivity index (χ0v) is 15.8. The van der Waals surface area contributed by atoms with Gasteiger partial charge in [0.2, 0.25) is 0 Å². The highest BCUT2D eigenvalue weighted by atomic mass is 16.6. The lowest BCUT2D eigenvalue weighted by molar-refractivity contribution is -0.386. The fourth-order valence-corrected chi connectivity index (χ4v) is 3.80. The predicted octanol–water partition coefficient (Wildman–Crippen LogP) is 3.92. The number of methoxy groups -OCH3 is 1. The molecule has 0 spiro atoms. The van der Waals surface area contributed by atoms with Crippen molar-refractivity contribution in [3.8, 4) is 5.75 Å². The number of carbonyl (C=O) groups excluding carboxylic acids is 2.